The van der Waals surface area contributed by atoms with Crippen molar-refractivity contribution in [2.45, 2.75) is 45.1 Å². The number of nitrogens with zero attached hydrogens (tertiary/aromatic N) is 5. The third-order valence-corrected chi connectivity index (χ3v) is 5.99. The number of carbonyl (C=O) groups is 2. The van der Waals surface area contributed by atoms with Crippen molar-refractivity contribution in [3.8, 4) is 0 Å². The smallest absolute Gasteiger partial charge is 0.257 e. The number of rotatable bonds is 2. The highest BCUT2D eigenvalue weighted by molar-refractivity contribution is 5.95. The summed E-state index contributed by atoms with van der Waals surface area (Å²) >= 11 is 0. The molecule has 4 heterocycles. The second-order valence-electron chi connectivity index (χ2n) is 7.50. The molecule has 1 saturated heterocycles. The lowest BCUT2D eigenvalue weighted by Gasteiger charge is -2.50. The van der Waals surface area contributed by atoms with Crippen molar-refractivity contribution in [1.29, 1.82) is 0 Å². The molecule has 1 N–H and O–H groups in total. The van der Waals surface area contributed by atoms with E-state index in [0.717, 1.165) is 23.5 Å². The van der Waals surface area contributed by atoms with Gasteiger partial charge in [0, 0.05) is 51.4 Å². The molecule has 0 saturated carbocycles. The number of H-pyrrole nitrogens is 1. The van der Waals surface area contributed by atoms with E-state index in [-0.39, 0.29) is 11.8 Å². The molecule has 0 unspecified atom stereocenters. The van der Waals surface area contributed by atoms with Gasteiger partial charge >= 0.3 is 0 Å². The van der Waals surface area contributed by atoms with Gasteiger partial charge in [-0.1, -0.05) is 6.92 Å². The van der Waals surface area contributed by atoms with Gasteiger partial charge in [-0.15, -0.1) is 0 Å². The van der Waals surface area contributed by atoms with Gasteiger partial charge in [0.05, 0.1) is 28.8 Å². The van der Waals surface area contributed by atoms with Gasteiger partial charge in [-0.05, 0) is 19.8 Å². The van der Waals surface area contributed by atoms with Crippen LogP contribution in [0.25, 0.3) is 0 Å². The number of carbonyl (C=O) groups excluding carboxylic acids is 2. The number of aryl methyl sites for hydroxylation is 2. The standard InChI is InChI=1S/C19H26N6O2/c1-4-16(26)25-8-5-15-17(21-12-20-15)19(25)6-9-24(10-7-19)18(27)14-11-23(3)22-13(14)2/h11-12H,4-10H2,1-3H3,(H,20,21). The Bertz CT molecular complexity index is 875. The lowest BCUT2D eigenvalue weighted by molar-refractivity contribution is -0.141. The Hall–Kier alpha value is -2.64. The van der Waals surface area contributed by atoms with E-state index in [0.29, 0.717) is 44.5 Å². The summed E-state index contributed by atoms with van der Waals surface area (Å²) in [6.45, 7) is 5.68. The zero-order chi connectivity index (χ0) is 19.2. The molecule has 0 bridgehead atoms. The Morgan fingerprint density at radius 1 is 1.26 bits per heavy atom. The normalized spacial score (nSPS) is 18.6. The Kier molecular flexibility index (Phi) is 4.28. The van der Waals surface area contributed by atoms with Crippen molar-refractivity contribution in [2.24, 2.45) is 7.05 Å². The van der Waals surface area contributed by atoms with Gasteiger partial charge < -0.3 is 14.8 Å². The van der Waals surface area contributed by atoms with E-state index < -0.39 is 5.54 Å². The fourth-order valence-corrected chi connectivity index (χ4v) is 4.60. The van der Waals surface area contributed by atoms with E-state index >= 15 is 0 Å². The number of amides is 2. The monoisotopic (exact) mass is 370 g/mol. The second kappa shape index (κ2) is 6.51. The van der Waals surface area contributed by atoms with E-state index in [2.05, 4.69) is 15.1 Å². The lowest BCUT2D eigenvalue weighted by atomic mass is 9.78. The minimum Gasteiger partial charge on any atom is -0.348 e. The molecule has 2 aliphatic rings. The maximum atomic E-state index is 12.9. The van der Waals surface area contributed by atoms with E-state index in [1.165, 1.54) is 0 Å². The summed E-state index contributed by atoms with van der Waals surface area (Å²) in [5.41, 5.74) is 3.11. The topological polar surface area (TPSA) is 87.1 Å². The van der Waals surface area contributed by atoms with E-state index in [1.807, 2.05) is 30.7 Å². The summed E-state index contributed by atoms with van der Waals surface area (Å²) in [4.78, 5) is 37.3. The van der Waals surface area contributed by atoms with Crippen LogP contribution in [-0.4, -0.2) is 61.0 Å². The number of imidazole rings is 1. The SMILES string of the molecule is CCC(=O)N1CCc2[nH]cnc2C12CCN(C(=O)c1cn(C)nc1C)CC2. The van der Waals surface area contributed by atoms with Crippen LogP contribution in [0.4, 0.5) is 0 Å². The molecule has 8 heteroatoms. The van der Waals surface area contributed by atoms with Gasteiger partial charge in [-0.3, -0.25) is 14.3 Å². The first-order valence-corrected chi connectivity index (χ1v) is 9.59. The van der Waals surface area contributed by atoms with Gasteiger partial charge in [-0.25, -0.2) is 4.98 Å². The number of hydrogen-bond acceptors (Lipinski definition) is 4. The number of likely N-dealkylation sites (tertiary alicyclic amines) is 1. The Morgan fingerprint density at radius 3 is 2.63 bits per heavy atom. The predicted octanol–water partition coefficient (Wildman–Crippen LogP) is 1.38. The molecular weight excluding hydrogens is 344 g/mol. The number of hydrogen-bond donors (Lipinski definition) is 1. The average molecular weight is 370 g/mol. The van der Waals surface area contributed by atoms with Crippen molar-refractivity contribution in [3.63, 3.8) is 0 Å². The van der Waals surface area contributed by atoms with Gasteiger partial charge in [0.25, 0.3) is 5.91 Å². The summed E-state index contributed by atoms with van der Waals surface area (Å²) in [5.74, 6) is 0.174. The first-order valence-electron chi connectivity index (χ1n) is 9.59. The summed E-state index contributed by atoms with van der Waals surface area (Å²) in [6.07, 6.45) is 6.22. The minimum absolute atomic E-state index is 0.0156. The number of fused-ring (bicyclic) bond motifs is 2. The van der Waals surface area contributed by atoms with Crippen LogP contribution >= 0.6 is 0 Å². The van der Waals surface area contributed by atoms with Crippen LogP contribution in [0, 0.1) is 6.92 Å². The zero-order valence-electron chi connectivity index (χ0n) is 16.2. The van der Waals surface area contributed by atoms with Crippen molar-refractivity contribution in [3.05, 3.63) is 35.2 Å². The third kappa shape index (κ3) is 2.74. The van der Waals surface area contributed by atoms with Gasteiger partial charge in [0.2, 0.25) is 5.91 Å². The van der Waals surface area contributed by atoms with Crippen LogP contribution in [0.3, 0.4) is 0 Å². The van der Waals surface area contributed by atoms with Gasteiger partial charge in [-0.2, -0.15) is 5.10 Å². The van der Waals surface area contributed by atoms with Crippen LogP contribution < -0.4 is 0 Å². The molecule has 1 fully saturated rings. The van der Waals surface area contributed by atoms with Crippen molar-refractivity contribution < 1.29 is 9.59 Å². The van der Waals surface area contributed by atoms with E-state index in [1.54, 1.807) is 17.2 Å². The fourth-order valence-electron chi connectivity index (χ4n) is 4.60. The first kappa shape index (κ1) is 17.8. The Balaban J connectivity index is 1.60. The molecule has 8 nitrogen and oxygen atoms in total. The first-order chi connectivity index (χ1) is 13.0. The van der Waals surface area contributed by atoms with Gasteiger partial charge in [0.1, 0.15) is 0 Å². The molecule has 2 aromatic heterocycles. The molecule has 1 spiro atoms. The van der Waals surface area contributed by atoms with Crippen molar-refractivity contribution in [1.82, 2.24) is 29.5 Å². The molecule has 4 rings (SSSR count). The van der Waals surface area contributed by atoms with Crippen LogP contribution in [0.1, 0.15) is 53.6 Å². The summed E-state index contributed by atoms with van der Waals surface area (Å²) in [7, 11) is 1.82. The zero-order valence-corrected chi connectivity index (χ0v) is 16.2. The number of aromatic amines is 1. The van der Waals surface area contributed by atoms with Gasteiger partial charge in [0.15, 0.2) is 0 Å². The van der Waals surface area contributed by atoms with Crippen molar-refractivity contribution in [2.75, 3.05) is 19.6 Å². The largest absolute Gasteiger partial charge is 0.348 e. The number of piperidine rings is 1. The maximum absolute atomic E-state index is 12.9. The third-order valence-electron chi connectivity index (χ3n) is 5.99. The maximum Gasteiger partial charge on any atom is 0.257 e. The highest BCUT2D eigenvalue weighted by atomic mass is 16.2. The molecule has 2 amide bonds. The number of aromatic nitrogens is 4. The molecule has 27 heavy (non-hydrogen) atoms. The number of nitrogens with one attached hydrogen (secondary N) is 1. The summed E-state index contributed by atoms with van der Waals surface area (Å²) in [5, 5.41) is 4.28. The lowest BCUT2D eigenvalue weighted by Crippen LogP contribution is -2.58. The minimum atomic E-state index is -0.401. The highest BCUT2D eigenvalue weighted by Gasteiger charge is 2.48. The molecule has 0 aliphatic carbocycles. The van der Waals surface area contributed by atoms with Crippen LogP contribution in [0.15, 0.2) is 12.5 Å². The molecular formula is C19H26N6O2. The summed E-state index contributed by atoms with van der Waals surface area (Å²) < 4.78 is 1.67. The summed E-state index contributed by atoms with van der Waals surface area (Å²) in [6, 6.07) is 0. The second-order valence-corrected chi connectivity index (χ2v) is 7.50. The molecule has 0 atom stereocenters. The molecule has 0 radical (unpaired) electrons. The van der Waals surface area contributed by atoms with E-state index in [9.17, 15) is 9.59 Å². The van der Waals surface area contributed by atoms with Crippen LogP contribution in [0.5, 0.6) is 0 Å². The predicted molar refractivity (Wildman–Crippen MR) is 99.1 cm³/mol. The Morgan fingerprint density at radius 2 is 2.00 bits per heavy atom. The fraction of sp³-hybridized carbons (Fsp3) is 0.579. The Labute approximate surface area is 158 Å². The molecule has 0 aromatic carbocycles. The molecule has 144 valence electrons. The molecule has 2 aliphatic heterocycles. The van der Waals surface area contributed by atoms with Crippen molar-refractivity contribution >= 4 is 11.8 Å². The van der Waals surface area contributed by atoms with Crippen LogP contribution in [0.2, 0.25) is 0 Å². The molecule has 2 aromatic rings. The van der Waals surface area contributed by atoms with Crippen LogP contribution in [-0.2, 0) is 23.8 Å². The quantitative estimate of drug-likeness (QED) is 0.865. The highest BCUT2D eigenvalue weighted by Crippen LogP contribution is 2.42. The average Bonchev–Trinajstić information content (AvgIpc) is 3.28. The van der Waals surface area contributed by atoms with E-state index in [4.69, 9.17) is 0 Å².